The molecule has 1 aliphatic heterocycles. The molecule has 4 rings (SSSR count). The Morgan fingerprint density at radius 2 is 1.48 bits per heavy atom. The standard InChI is InChI=1S/C31H37N3O5S/c1-23(2)29(31(36)32-17-16-28(24-10-5-3-6-11-24)25-12-7-4-8-13-25)33-30(35)26-14-9-15-27(22-26)40(37,38)34-18-20-39-21-19-34/h3-15,22-23,28-29H,16-21H2,1-2H3,(H,32,36)(H,33,35). The molecule has 2 N–H and O–H groups in total. The maximum Gasteiger partial charge on any atom is 0.251 e. The maximum absolute atomic E-state index is 13.2. The van der Waals surface area contributed by atoms with Gasteiger partial charge < -0.3 is 15.4 Å². The number of morpholine rings is 1. The summed E-state index contributed by atoms with van der Waals surface area (Å²) in [6.45, 7) is 5.36. The highest BCUT2D eigenvalue weighted by Gasteiger charge is 2.28. The summed E-state index contributed by atoms with van der Waals surface area (Å²) in [6.07, 6.45) is 0.694. The quantitative estimate of drug-likeness (QED) is 0.369. The lowest BCUT2D eigenvalue weighted by molar-refractivity contribution is -0.123. The summed E-state index contributed by atoms with van der Waals surface area (Å²) in [4.78, 5) is 26.4. The second kappa shape index (κ2) is 13.7. The van der Waals surface area contributed by atoms with Gasteiger partial charge >= 0.3 is 0 Å². The molecule has 0 aromatic heterocycles. The Balaban J connectivity index is 1.41. The topological polar surface area (TPSA) is 105 Å². The van der Waals surface area contributed by atoms with Crippen molar-refractivity contribution in [2.45, 2.75) is 37.1 Å². The largest absolute Gasteiger partial charge is 0.379 e. The summed E-state index contributed by atoms with van der Waals surface area (Å²) in [5.41, 5.74) is 2.52. The van der Waals surface area contributed by atoms with E-state index in [1.54, 1.807) is 12.1 Å². The zero-order chi connectivity index (χ0) is 28.5. The fraction of sp³-hybridized carbons (Fsp3) is 0.355. The van der Waals surface area contributed by atoms with Crippen LogP contribution in [0, 0.1) is 5.92 Å². The van der Waals surface area contributed by atoms with Gasteiger partial charge in [-0.05, 0) is 41.7 Å². The highest BCUT2D eigenvalue weighted by atomic mass is 32.2. The van der Waals surface area contributed by atoms with Crippen molar-refractivity contribution in [3.63, 3.8) is 0 Å². The van der Waals surface area contributed by atoms with Gasteiger partial charge in [-0.2, -0.15) is 4.31 Å². The van der Waals surface area contributed by atoms with Crippen LogP contribution in [0.25, 0.3) is 0 Å². The molecule has 0 radical (unpaired) electrons. The third-order valence-electron chi connectivity index (χ3n) is 7.08. The molecule has 1 heterocycles. The molecule has 8 nitrogen and oxygen atoms in total. The van der Waals surface area contributed by atoms with Crippen LogP contribution in [0.1, 0.15) is 47.7 Å². The SMILES string of the molecule is CC(C)C(NC(=O)c1cccc(S(=O)(=O)N2CCOCC2)c1)C(=O)NCCC(c1ccccc1)c1ccccc1. The minimum Gasteiger partial charge on any atom is -0.379 e. The van der Waals surface area contributed by atoms with E-state index in [1.807, 2.05) is 50.2 Å². The number of hydrogen-bond donors (Lipinski definition) is 2. The predicted octanol–water partition coefficient (Wildman–Crippen LogP) is 3.80. The van der Waals surface area contributed by atoms with Gasteiger partial charge in [0.2, 0.25) is 15.9 Å². The Kier molecular flexibility index (Phi) is 10.1. The highest BCUT2D eigenvalue weighted by molar-refractivity contribution is 7.89. The van der Waals surface area contributed by atoms with Crippen LogP contribution in [0.15, 0.2) is 89.8 Å². The number of sulfonamides is 1. The lowest BCUT2D eigenvalue weighted by atomic mass is 9.88. The molecule has 1 aliphatic rings. The molecule has 3 aromatic rings. The van der Waals surface area contributed by atoms with E-state index in [0.717, 1.165) is 0 Å². The van der Waals surface area contributed by atoms with E-state index in [2.05, 4.69) is 34.9 Å². The minimum absolute atomic E-state index is 0.0421. The molecule has 3 aromatic carbocycles. The summed E-state index contributed by atoms with van der Waals surface area (Å²) in [5.74, 6) is -0.839. The Bertz CT molecular complexity index is 1330. The van der Waals surface area contributed by atoms with Crippen LogP contribution in [-0.2, 0) is 19.6 Å². The lowest BCUT2D eigenvalue weighted by Gasteiger charge is -2.26. The van der Waals surface area contributed by atoms with Crippen molar-refractivity contribution >= 4 is 21.8 Å². The van der Waals surface area contributed by atoms with Gasteiger partial charge in [0.25, 0.3) is 5.91 Å². The first-order valence-electron chi connectivity index (χ1n) is 13.6. The van der Waals surface area contributed by atoms with E-state index in [9.17, 15) is 18.0 Å². The molecule has 212 valence electrons. The van der Waals surface area contributed by atoms with Gasteiger partial charge in [0.1, 0.15) is 6.04 Å². The van der Waals surface area contributed by atoms with Gasteiger partial charge in [-0.25, -0.2) is 8.42 Å². The monoisotopic (exact) mass is 563 g/mol. The summed E-state index contributed by atoms with van der Waals surface area (Å²) < 4.78 is 32.7. The molecule has 0 aliphatic carbocycles. The third-order valence-corrected chi connectivity index (χ3v) is 8.97. The molecule has 1 unspecified atom stereocenters. The number of benzene rings is 3. The van der Waals surface area contributed by atoms with Gasteiger partial charge in [-0.3, -0.25) is 9.59 Å². The van der Waals surface area contributed by atoms with Crippen molar-refractivity contribution in [1.29, 1.82) is 0 Å². The maximum atomic E-state index is 13.2. The van der Waals surface area contributed by atoms with Crippen LogP contribution in [-0.4, -0.2) is 63.4 Å². The van der Waals surface area contributed by atoms with Crippen molar-refractivity contribution in [2.24, 2.45) is 5.92 Å². The molecule has 2 amide bonds. The van der Waals surface area contributed by atoms with Gasteiger partial charge in [0.05, 0.1) is 18.1 Å². The van der Waals surface area contributed by atoms with Crippen molar-refractivity contribution in [1.82, 2.24) is 14.9 Å². The highest BCUT2D eigenvalue weighted by Crippen LogP contribution is 2.27. The number of carbonyl (C=O) groups is 2. The van der Waals surface area contributed by atoms with Gasteiger partial charge in [-0.1, -0.05) is 80.6 Å². The lowest BCUT2D eigenvalue weighted by Crippen LogP contribution is -2.50. The van der Waals surface area contributed by atoms with E-state index < -0.39 is 22.0 Å². The van der Waals surface area contributed by atoms with E-state index >= 15 is 0 Å². The Labute approximate surface area is 236 Å². The first-order chi connectivity index (χ1) is 19.3. The molecule has 1 fully saturated rings. The molecule has 0 saturated carbocycles. The Hall–Kier alpha value is -3.53. The fourth-order valence-corrected chi connectivity index (χ4v) is 6.29. The predicted molar refractivity (Wildman–Crippen MR) is 154 cm³/mol. The molecule has 1 atom stereocenters. The number of amides is 2. The van der Waals surface area contributed by atoms with E-state index in [1.165, 1.54) is 27.6 Å². The Morgan fingerprint density at radius 3 is 2.05 bits per heavy atom. The molecular formula is C31H37N3O5S. The third kappa shape index (κ3) is 7.35. The molecular weight excluding hydrogens is 526 g/mol. The van der Waals surface area contributed by atoms with Crippen molar-refractivity contribution < 1.29 is 22.7 Å². The minimum atomic E-state index is -3.75. The average Bonchev–Trinajstić information content (AvgIpc) is 2.99. The summed E-state index contributed by atoms with van der Waals surface area (Å²) in [6, 6.07) is 25.5. The summed E-state index contributed by atoms with van der Waals surface area (Å²) in [7, 11) is -3.75. The fourth-order valence-electron chi connectivity index (χ4n) is 4.84. The number of carbonyl (C=O) groups excluding carboxylic acids is 2. The normalized spacial score (nSPS) is 15.1. The summed E-state index contributed by atoms with van der Waals surface area (Å²) >= 11 is 0. The molecule has 1 saturated heterocycles. The van der Waals surface area contributed by atoms with Crippen LogP contribution in [0.5, 0.6) is 0 Å². The smallest absolute Gasteiger partial charge is 0.251 e. The zero-order valence-corrected chi connectivity index (χ0v) is 23.8. The first kappa shape index (κ1) is 29.5. The zero-order valence-electron chi connectivity index (χ0n) is 23.0. The van der Waals surface area contributed by atoms with Gasteiger partial charge in [0.15, 0.2) is 0 Å². The van der Waals surface area contributed by atoms with Crippen LogP contribution >= 0.6 is 0 Å². The first-order valence-corrected chi connectivity index (χ1v) is 15.1. The number of nitrogens with zero attached hydrogens (tertiary/aromatic N) is 1. The summed E-state index contributed by atoms with van der Waals surface area (Å²) in [5, 5.41) is 5.81. The van der Waals surface area contributed by atoms with Gasteiger partial charge in [-0.15, -0.1) is 0 Å². The second-order valence-electron chi connectivity index (χ2n) is 10.2. The molecule has 0 spiro atoms. The van der Waals surface area contributed by atoms with Crippen molar-refractivity contribution in [3.05, 3.63) is 102 Å². The van der Waals surface area contributed by atoms with Crippen LogP contribution < -0.4 is 10.6 Å². The van der Waals surface area contributed by atoms with Crippen LogP contribution in [0.3, 0.4) is 0 Å². The van der Waals surface area contributed by atoms with Crippen molar-refractivity contribution in [2.75, 3.05) is 32.8 Å². The molecule has 9 heteroatoms. The van der Waals surface area contributed by atoms with E-state index in [0.29, 0.717) is 26.2 Å². The number of rotatable bonds is 11. The number of ether oxygens (including phenoxy) is 1. The second-order valence-corrected chi connectivity index (χ2v) is 12.1. The van der Waals surface area contributed by atoms with Crippen LogP contribution in [0.4, 0.5) is 0 Å². The molecule has 40 heavy (non-hydrogen) atoms. The number of hydrogen-bond acceptors (Lipinski definition) is 5. The Morgan fingerprint density at radius 1 is 0.875 bits per heavy atom. The van der Waals surface area contributed by atoms with Crippen molar-refractivity contribution in [3.8, 4) is 0 Å². The molecule has 0 bridgehead atoms. The van der Waals surface area contributed by atoms with Crippen LogP contribution in [0.2, 0.25) is 0 Å². The average molecular weight is 564 g/mol. The van der Waals surface area contributed by atoms with E-state index in [4.69, 9.17) is 4.74 Å². The van der Waals surface area contributed by atoms with Gasteiger partial charge in [0, 0.05) is 31.1 Å². The number of nitrogens with one attached hydrogen (secondary N) is 2. The van der Waals surface area contributed by atoms with E-state index in [-0.39, 0.29) is 41.3 Å².